The van der Waals surface area contributed by atoms with Crippen LogP contribution in [0.3, 0.4) is 0 Å². The van der Waals surface area contributed by atoms with Crippen LogP contribution < -0.4 is 5.73 Å². The Morgan fingerprint density at radius 1 is 1.26 bits per heavy atom. The van der Waals surface area contributed by atoms with Crippen molar-refractivity contribution in [1.29, 1.82) is 5.26 Å². The lowest BCUT2D eigenvalue weighted by Crippen LogP contribution is -2.56. The standard InChI is InChI=1S/C28H43N5O2/c1-5-35-17-27(34)12-9-21-19(14-27)6-7-23-22(21)8-11-26(3)24(23)10-13-28(26,31-4)18(2)33-25(30)20(15-29)16-32-33/h16,18-19,21-24,34H,4-14,17,30H2,1-3H3/t18-,19-,21+,22-,23-,24+,26+,27-,28+/m1/s1. The molecule has 4 aliphatic rings. The molecule has 0 amide bonds. The molecule has 1 aromatic heterocycles. The van der Waals surface area contributed by atoms with Crippen LogP contribution >= 0.6 is 0 Å². The Morgan fingerprint density at radius 2 is 2.03 bits per heavy atom. The number of aromatic nitrogens is 2. The highest BCUT2D eigenvalue weighted by Gasteiger charge is 2.65. The summed E-state index contributed by atoms with van der Waals surface area (Å²) in [4.78, 5) is 4.90. The third-order valence-corrected chi connectivity index (χ3v) is 11.2. The van der Waals surface area contributed by atoms with E-state index >= 15 is 0 Å². The molecule has 4 fully saturated rings. The summed E-state index contributed by atoms with van der Waals surface area (Å²) in [6.45, 7) is 11.9. The van der Waals surface area contributed by atoms with Crippen molar-refractivity contribution in [1.82, 2.24) is 9.78 Å². The van der Waals surface area contributed by atoms with Gasteiger partial charge in [-0.05, 0) is 113 Å². The van der Waals surface area contributed by atoms with Crippen molar-refractivity contribution in [3.05, 3.63) is 11.8 Å². The van der Waals surface area contributed by atoms with Gasteiger partial charge in [-0.1, -0.05) is 6.92 Å². The zero-order valence-electron chi connectivity index (χ0n) is 21.7. The third-order valence-electron chi connectivity index (χ3n) is 11.2. The second-order valence-electron chi connectivity index (χ2n) is 12.3. The predicted octanol–water partition coefficient (Wildman–Crippen LogP) is 4.76. The fourth-order valence-electron chi connectivity index (χ4n) is 9.48. The SMILES string of the molecule is C=N[C@]1([C@@H](C)n2ncc(C#N)c2N)CC[C@H]2[C@@H]3CC[C@@H]4C[C@@](O)(COCC)CC[C@@H]4[C@H]3CC[C@@]21C. The van der Waals surface area contributed by atoms with Gasteiger partial charge in [0.05, 0.1) is 30.0 Å². The van der Waals surface area contributed by atoms with Gasteiger partial charge in [-0.25, -0.2) is 4.68 Å². The Hall–Kier alpha value is -1.91. The first kappa shape index (κ1) is 24.8. The molecule has 0 aliphatic heterocycles. The van der Waals surface area contributed by atoms with Gasteiger partial charge in [0.15, 0.2) is 0 Å². The minimum absolute atomic E-state index is 0.0394. The molecule has 9 atom stereocenters. The number of hydrogen-bond donors (Lipinski definition) is 2. The van der Waals surface area contributed by atoms with Crippen LogP contribution in [0.15, 0.2) is 11.2 Å². The number of fused-ring (bicyclic) bond motifs is 5. The number of nitrogen functional groups attached to an aromatic ring is 1. The van der Waals surface area contributed by atoms with Gasteiger partial charge in [0.25, 0.3) is 0 Å². The number of nitrogens with zero attached hydrogens (tertiary/aromatic N) is 4. The maximum absolute atomic E-state index is 11.2. The molecule has 5 rings (SSSR count). The highest BCUT2D eigenvalue weighted by molar-refractivity contribution is 5.48. The molecule has 0 aromatic carbocycles. The van der Waals surface area contributed by atoms with E-state index in [1.54, 1.807) is 6.20 Å². The molecule has 0 bridgehead atoms. The zero-order valence-corrected chi connectivity index (χ0v) is 21.7. The van der Waals surface area contributed by atoms with Crippen LogP contribution in [0.2, 0.25) is 0 Å². The average molecular weight is 482 g/mol. The number of ether oxygens (including phenoxy) is 1. The number of nitriles is 1. The summed E-state index contributed by atoms with van der Waals surface area (Å²) < 4.78 is 7.47. The Balaban J connectivity index is 1.38. The van der Waals surface area contributed by atoms with Crippen molar-refractivity contribution >= 4 is 12.5 Å². The van der Waals surface area contributed by atoms with Gasteiger partial charge in [0.1, 0.15) is 17.5 Å². The van der Waals surface area contributed by atoms with Gasteiger partial charge in [0.2, 0.25) is 0 Å². The Bertz CT molecular complexity index is 1000. The van der Waals surface area contributed by atoms with Gasteiger partial charge in [-0.3, -0.25) is 4.99 Å². The van der Waals surface area contributed by atoms with Crippen molar-refractivity contribution in [2.24, 2.45) is 40.0 Å². The van der Waals surface area contributed by atoms with Crippen LogP contribution in [0, 0.1) is 46.3 Å². The summed E-state index contributed by atoms with van der Waals surface area (Å²) in [5, 5.41) is 25.1. The number of hydrogen-bond acceptors (Lipinski definition) is 6. The third kappa shape index (κ3) is 3.58. The first-order chi connectivity index (χ1) is 16.7. The number of aliphatic hydroxyl groups is 1. The fourth-order valence-corrected chi connectivity index (χ4v) is 9.48. The second kappa shape index (κ2) is 8.88. The van der Waals surface area contributed by atoms with Crippen molar-refractivity contribution in [2.75, 3.05) is 18.9 Å². The van der Waals surface area contributed by atoms with Crippen LogP contribution in [-0.2, 0) is 4.74 Å². The van der Waals surface area contributed by atoms with E-state index in [0.717, 1.165) is 43.9 Å². The maximum Gasteiger partial charge on any atom is 0.140 e. The fraction of sp³-hybridized carbons (Fsp3) is 0.821. The largest absolute Gasteiger partial charge is 0.387 e. The van der Waals surface area contributed by atoms with Crippen molar-refractivity contribution in [3.8, 4) is 6.07 Å². The maximum atomic E-state index is 11.2. The molecule has 192 valence electrons. The molecular formula is C28H43N5O2. The van der Waals surface area contributed by atoms with E-state index in [4.69, 9.17) is 15.5 Å². The second-order valence-corrected chi connectivity index (χ2v) is 12.3. The Kier molecular flexibility index (Phi) is 6.29. The quantitative estimate of drug-likeness (QED) is 0.570. The first-order valence-electron chi connectivity index (χ1n) is 13.7. The normalized spacial score (nSPS) is 43.5. The minimum Gasteiger partial charge on any atom is -0.387 e. The highest BCUT2D eigenvalue weighted by atomic mass is 16.5. The lowest BCUT2D eigenvalue weighted by Gasteiger charge is -2.59. The summed E-state index contributed by atoms with van der Waals surface area (Å²) in [5.74, 6) is 3.87. The first-order valence-corrected chi connectivity index (χ1v) is 13.7. The number of nitrogens with two attached hydrogens (primary N) is 1. The van der Waals surface area contributed by atoms with E-state index in [2.05, 4.69) is 31.7 Å². The van der Waals surface area contributed by atoms with E-state index < -0.39 is 5.60 Å². The van der Waals surface area contributed by atoms with E-state index in [1.165, 1.54) is 25.7 Å². The van der Waals surface area contributed by atoms with Crippen molar-refractivity contribution in [3.63, 3.8) is 0 Å². The topological polar surface area (TPSA) is 109 Å². The summed E-state index contributed by atoms with van der Waals surface area (Å²) >= 11 is 0. The van der Waals surface area contributed by atoms with E-state index in [9.17, 15) is 10.4 Å². The number of aliphatic imine (C=N–C) groups is 1. The van der Waals surface area contributed by atoms with Crippen LogP contribution in [0.1, 0.15) is 90.2 Å². The lowest BCUT2D eigenvalue weighted by molar-refractivity contribution is -0.130. The smallest absolute Gasteiger partial charge is 0.140 e. The van der Waals surface area contributed by atoms with Gasteiger partial charge in [0, 0.05) is 6.61 Å². The summed E-state index contributed by atoms with van der Waals surface area (Å²) in [6.07, 6.45) is 11.5. The van der Waals surface area contributed by atoms with Gasteiger partial charge in [-0.15, -0.1) is 0 Å². The molecule has 0 spiro atoms. The minimum atomic E-state index is -0.635. The number of anilines is 1. The van der Waals surface area contributed by atoms with Crippen LogP contribution in [0.5, 0.6) is 0 Å². The lowest BCUT2D eigenvalue weighted by atomic mass is 9.47. The Labute approximate surface area is 210 Å². The number of rotatable bonds is 6. The molecule has 4 aliphatic carbocycles. The molecule has 35 heavy (non-hydrogen) atoms. The summed E-state index contributed by atoms with van der Waals surface area (Å²) in [5.41, 5.74) is 5.82. The summed E-state index contributed by atoms with van der Waals surface area (Å²) in [7, 11) is 0. The Morgan fingerprint density at radius 3 is 2.71 bits per heavy atom. The van der Waals surface area contributed by atoms with Gasteiger partial charge in [-0.2, -0.15) is 10.4 Å². The predicted molar refractivity (Wildman–Crippen MR) is 137 cm³/mol. The van der Waals surface area contributed by atoms with E-state index in [-0.39, 0.29) is 17.0 Å². The molecule has 0 unspecified atom stereocenters. The highest BCUT2D eigenvalue weighted by Crippen LogP contribution is 2.68. The molecule has 1 heterocycles. The molecule has 3 N–H and O–H groups in total. The molecule has 4 saturated carbocycles. The molecule has 0 saturated heterocycles. The van der Waals surface area contributed by atoms with Crippen LogP contribution in [-0.4, -0.2) is 46.0 Å². The van der Waals surface area contributed by atoms with Gasteiger partial charge >= 0.3 is 0 Å². The molecular weight excluding hydrogens is 438 g/mol. The zero-order chi connectivity index (χ0) is 25.0. The molecule has 1 aromatic rings. The monoisotopic (exact) mass is 481 g/mol. The molecule has 7 nitrogen and oxygen atoms in total. The van der Waals surface area contributed by atoms with E-state index in [1.807, 2.05) is 11.6 Å². The average Bonchev–Trinajstić information content (AvgIpc) is 3.38. The summed E-state index contributed by atoms with van der Waals surface area (Å²) in [6, 6.07) is 2.11. The molecule has 0 radical (unpaired) electrons. The van der Waals surface area contributed by atoms with Crippen LogP contribution in [0.25, 0.3) is 0 Å². The van der Waals surface area contributed by atoms with Crippen LogP contribution in [0.4, 0.5) is 5.82 Å². The van der Waals surface area contributed by atoms with Gasteiger partial charge < -0.3 is 15.6 Å². The van der Waals surface area contributed by atoms with Crippen molar-refractivity contribution < 1.29 is 9.84 Å². The van der Waals surface area contributed by atoms with Crippen molar-refractivity contribution in [2.45, 2.75) is 95.7 Å². The van der Waals surface area contributed by atoms with E-state index in [0.29, 0.717) is 42.3 Å². The molecule has 7 heteroatoms.